The molecule has 0 saturated carbocycles. The Morgan fingerprint density at radius 2 is 2.12 bits per heavy atom. The van der Waals surface area contributed by atoms with Crippen molar-refractivity contribution in [3.63, 3.8) is 0 Å². The van der Waals surface area contributed by atoms with E-state index < -0.39 is 21.9 Å². The molecule has 25 heavy (non-hydrogen) atoms. The Balaban J connectivity index is 1.74. The summed E-state index contributed by atoms with van der Waals surface area (Å²) in [6.07, 6.45) is 1.05. The van der Waals surface area contributed by atoms with Crippen molar-refractivity contribution in [3.8, 4) is 0 Å². The van der Waals surface area contributed by atoms with Crippen LogP contribution < -0.4 is 5.32 Å². The van der Waals surface area contributed by atoms with Crippen LogP contribution >= 0.6 is 11.5 Å². The van der Waals surface area contributed by atoms with Gasteiger partial charge in [-0.2, -0.15) is 4.31 Å². The number of halogens is 1. The van der Waals surface area contributed by atoms with Gasteiger partial charge in [0.1, 0.15) is 11.9 Å². The standard InChI is InChI=1S/C15H17FN4O3S2/c1-10-14(24-19-18-10)9-17-15(21)13-3-2-8-20(13)25(22,23)12-6-4-11(16)5-7-12/h4-7,13H,2-3,8-9H2,1H3,(H,17,21)/t13-/m0/s1. The predicted octanol–water partition coefficient (Wildman–Crippen LogP) is 1.46. The number of aryl methyl sites for hydroxylation is 1. The molecule has 0 bridgehead atoms. The normalized spacial score (nSPS) is 18.4. The monoisotopic (exact) mass is 384 g/mol. The molecule has 134 valence electrons. The summed E-state index contributed by atoms with van der Waals surface area (Å²) in [7, 11) is -3.85. The first-order chi connectivity index (χ1) is 11.9. The van der Waals surface area contributed by atoms with Crippen LogP contribution in [-0.2, 0) is 21.4 Å². The minimum absolute atomic E-state index is 0.0175. The molecular weight excluding hydrogens is 367 g/mol. The van der Waals surface area contributed by atoms with Crippen molar-refractivity contribution in [2.45, 2.75) is 37.2 Å². The van der Waals surface area contributed by atoms with E-state index in [4.69, 9.17) is 0 Å². The Bertz CT molecular complexity index is 867. The number of carbonyl (C=O) groups excluding carboxylic acids is 1. The second kappa shape index (κ2) is 7.14. The number of sulfonamides is 1. The van der Waals surface area contributed by atoms with Crippen LogP contribution in [0.1, 0.15) is 23.4 Å². The number of hydrogen-bond acceptors (Lipinski definition) is 6. The molecule has 1 fully saturated rings. The molecule has 1 aliphatic rings. The molecule has 2 heterocycles. The molecule has 1 aromatic heterocycles. The highest BCUT2D eigenvalue weighted by Gasteiger charge is 2.39. The average Bonchev–Trinajstić information content (AvgIpc) is 3.22. The van der Waals surface area contributed by atoms with Crippen molar-refractivity contribution >= 4 is 27.5 Å². The molecule has 1 amide bonds. The number of carbonyl (C=O) groups is 1. The molecule has 10 heteroatoms. The Morgan fingerprint density at radius 3 is 2.76 bits per heavy atom. The summed E-state index contributed by atoms with van der Waals surface area (Å²) in [4.78, 5) is 13.3. The quantitative estimate of drug-likeness (QED) is 0.842. The highest BCUT2D eigenvalue weighted by Crippen LogP contribution is 2.26. The molecule has 1 aromatic carbocycles. The summed E-state index contributed by atoms with van der Waals surface area (Å²) in [6, 6.07) is 3.85. The number of nitrogens with one attached hydrogen (secondary N) is 1. The van der Waals surface area contributed by atoms with E-state index in [0.29, 0.717) is 12.8 Å². The second-order valence-corrected chi connectivity index (χ2v) is 8.46. The Hall–Kier alpha value is -1.91. The SMILES string of the molecule is Cc1nnsc1CNC(=O)[C@@H]1CCCN1S(=O)(=O)c1ccc(F)cc1. The maximum absolute atomic E-state index is 13.0. The van der Waals surface area contributed by atoms with Crippen LogP contribution in [-0.4, -0.2) is 40.8 Å². The topological polar surface area (TPSA) is 92.3 Å². The number of benzene rings is 1. The third-order valence-electron chi connectivity index (χ3n) is 4.10. The Morgan fingerprint density at radius 1 is 1.40 bits per heavy atom. The highest BCUT2D eigenvalue weighted by atomic mass is 32.2. The fourth-order valence-corrected chi connectivity index (χ4v) is 4.96. The molecule has 7 nitrogen and oxygen atoms in total. The van der Waals surface area contributed by atoms with Gasteiger partial charge in [0, 0.05) is 6.54 Å². The van der Waals surface area contributed by atoms with Crippen LogP contribution in [0, 0.1) is 12.7 Å². The van der Waals surface area contributed by atoms with Gasteiger partial charge in [0.15, 0.2) is 0 Å². The number of hydrogen-bond donors (Lipinski definition) is 1. The van der Waals surface area contributed by atoms with E-state index in [1.165, 1.54) is 28.0 Å². The smallest absolute Gasteiger partial charge is 0.243 e. The van der Waals surface area contributed by atoms with Gasteiger partial charge in [-0.25, -0.2) is 12.8 Å². The predicted molar refractivity (Wildman–Crippen MR) is 89.8 cm³/mol. The van der Waals surface area contributed by atoms with Gasteiger partial charge in [-0.05, 0) is 55.6 Å². The van der Waals surface area contributed by atoms with Crippen LogP contribution in [0.25, 0.3) is 0 Å². The molecule has 3 rings (SSSR count). The first-order valence-corrected chi connectivity index (χ1v) is 9.94. The maximum atomic E-state index is 13.0. The summed E-state index contributed by atoms with van der Waals surface area (Å²) >= 11 is 1.20. The van der Waals surface area contributed by atoms with E-state index in [1.54, 1.807) is 6.92 Å². The van der Waals surface area contributed by atoms with Crippen molar-refractivity contribution < 1.29 is 17.6 Å². The molecule has 0 spiro atoms. The molecule has 0 radical (unpaired) electrons. The third-order valence-corrected chi connectivity index (χ3v) is 6.84. The Labute approximate surface area is 149 Å². The van der Waals surface area contributed by atoms with Crippen LogP contribution in [0.4, 0.5) is 4.39 Å². The van der Waals surface area contributed by atoms with Gasteiger partial charge < -0.3 is 5.32 Å². The molecule has 1 N–H and O–H groups in total. The summed E-state index contributed by atoms with van der Waals surface area (Å²) in [5, 5.41) is 6.63. The van der Waals surface area contributed by atoms with Gasteiger partial charge in [-0.1, -0.05) is 4.49 Å². The lowest BCUT2D eigenvalue weighted by molar-refractivity contribution is -0.124. The first-order valence-electron chi connectivity index (χ1n) is 7.72. The van der Waals surface area contributed by atoms with Gasteiger partial charge in [-0.3, -0.25) is 4.79 Å². The fraction of sp³-hybridized carbons (Fsp3) is 0.400. The molecular formula is C15H17FN4O3S2. The summed E-state index contributed by atoms with van der Waals surface area (Å²) in [5.41, 5.74) is 0.743. The van der Waals surface area contributed by atoms with Crippen molar-refractivity contribution in [1.82, 2.24) is 19.2 Å². The van der Waals surface area contributed by atoms with E-state index in [1.807, 2.05) is 0 Å². The third kappa shape index (κ3) is 3.70. The van der Waals surface area contributed by atoms with Crippen LogP contribution in [0.2, 0.25) is 0 Å². The van der Waals surface area contributed by atoms with Crippen molar-refractivity contribution in [2.75, 3.05) is 6.54 Å². The average molecular weight is 384 g/mol. The zero-order valence-corrected chi connectivity index (χ0v) is 15.1. The fourth-order valence-electron chi connectivity index (χ4n) is 2.73. The minimum Gasteiger partial charge on any atom is -0.350 e. The lowest BCUT2D eigenvalue weighted by atomic mass is 10.2. The lowest BCUT2D eigenvalue weighted by Crippen LogP contribution is -2.45. The summed E-state index contributed by atoms with van der Waals surface area (Å²) in [5.74, 6) is -0.862. The molecule has 0 aliphatic carbocycles. The van der Waals surface area contributed by atoms with E-state index in [-0.39, 0.29) is 23.9 Å². The number of amides is 1. The maximum Gasteiger partial charge on any atom is 0.243 e. The van der Waals surface area contributed by atoms with E-state index in [2.05, 4.69) is 14.9 Å². The number of rotatable bonds is 5. The summed E-state index contributed by atoms with van der Waals surface area (Å²) in [6.45, 7) is 2.33. The molecule has 2 aromatic rings. The van der Waals surface area contributed by atoms with Gasteiger partial charge in [0.05, 0.1) is 22.0 Å². The van der Waals surface area contributed by atoms with Crippen molar-refractivity contribution in [2.24, 2.45) is 0 Å². The van der Waals surface area contributed by atoms with E-state index in [9.17, 15) is 17.6 Å². The number of aromatic nitrogens is 2. The zero-order chi connectivity index (χ0) is 18.0. The summed E-state index contributed by atoms with van der Waals surface area (Å²) < 4.78 is 43.5. The van der Waals surface area contributed by atoms with Crippen LogP contribution in [0.15, 0.2) is 29.2 Å². The zero-order valence-electron chi connectivity index (χ0n) is 13.5. The minimum atomic E-state index is -3.85. The van der Waals surface area contributed by atoms with Crippen molar-refractivity contribution in [3.05, 3.63) is 40.7 Å². The first kappa shape index (κ1) is 17.9. The number of nitrogens with zero attached hydrogens (tertiary/aromatic N) is 3. The van der Waals surface area contributed by atoms with E-state index in [0.717, 1.165) is 22.7 Å². The second-order valence-electron chi connectivity index (χ2n) is 5.73. The van der Waals surface area contributed by atoms with Crippen LogP contribution in [0.5, 0.6) is 0 Å². The van der Waals surface area contributed by atoms with E-state index >= 15 is 0 Å². The lowest BCUT2D eigenvalue weighted by Gasteiger charge is -2.23. The van der Waals surface area contributed by atoms with Gasteiger partial charge >= 0.3 is 0 Å². The van der Waals surface area contributed by atoms with Gasteiger partial charge in [0.25, 0.3) is 0 Å². The van der Waals surface area contributed by atoms with Gasteiger partial charge in [0.2, 0.25) is 15.9 Å². The molecule has 1 aliphatic heterocycles. The highest BCUT2D eigenvalue weighted by molar-refractivity contribution is 7.89. The Kier molecular flexibility index (Phi) is 5.11. The largest absolute Gasteiger partial charge is 0.350 e. The molecule has 1 saturated heterocycles. The van der Waals surface area contributed by atoms with Gasteiger partial charge in [-0.15, -0.1) is 5.10 Å². The molecule has 1 atom stereocenters. The van der Waals surface area contributed by atoms with Crippen LogP contribution in [0.3, 0.4) is 0 Å². The van der Waals surface area contributed by atoms with Crippen molar-refractivity contribution in [1.29, 1.82) is 0 Å². The molecule has 0 unspecified atom stereocenters.